The summed E-state index contributed by atoms with van der Waals surface area (Å²) in [4.78, 5) is 28.6. The van der Waals surface area contributed by atoms with Crippen LogP contribution >= 0.6 is 0 Å². The molecule has 0 atom stereocenters. The SMILES string of the molecule is O=C(Nc1ccc(CNC(=O)c2cnn3c2CCCC3)cc1)c1cccnc1. The maximum Gasteiger partial charge on any atom is 0.257 e. The zero-order valence-electron chi connectivity index (χ0n) is 15.4. The summed E-state index contributed by atoms with van der Waals surface area (Å²) in [6.45, 7) is 1.30. The van der Waals surface area contributed by atoms with E-state index in [2.05, 4.69) is 20.7 Å². The molecule has 0 fully saturated rings. The van der Waals surface area contributed by atoms with Gasteiger partial charge >= 0.3 is 0 Å². The van der Waals surface area contributed by atoms with E-state index >= 15 is 0 Å². The van der Waals surface area contributed by atoms with Crippen LogP contribution in [0.1, 0.15) is 44.8 Å². The van der Waals surface area contributed by atoms with Crippen LogP contribution in [0.15, 0.2) is 55.0 Å². The average Bonchev–Trinajstić information content (AvgIpc) is 3.18. The van der Waals surface area contributed by atoms with Crippen molar-refractivity contribution in [3.63, 3.8) is 0 Å². The van der Waals surface area contributed by atoms with Crippen molar-refractivity contribution >= 4 is 17.5 Å². The van der Waals surface area contributed by atoms with Crippen molar-refractivity contribution in [2.45, 2.75) is 32.4 Å². The van der Waals surface area contributed by atoms with E-state index in [9.17, 15) is 9.59 Å². The van der Waals surface area contributed by atoms with Gasteiger partial charge in [-0.05, 0) is 49.1 Å². The summed E-state index contributed by atoms with van der Waals surface area (Å²) >= 11 is 0. The number of rotatable bonds is 5. The third-order valence-corrected chi connectivity index (χ3v) is 4.82. The van der Waals surface area contributed by atoms with Gasteiger partial charge in [0.1, 0.15) is 0 Å². The molecule has 0 spiro atoms. The molecule has 28 heavy (non-hydrogen) atoms. The van der Waals surface area contributed by atoms with E-state index in [0.29, 0.717) is 23.4 Å². The Bertz CT molecular complexity index is 980. The second kappa shape index (κ2) is 8.04. The van der Waals surface area contributed by atoms with Crippen LogP contribution in [0, 0.1) is 0 Å². The van der Waals surface area contributed by atoms with Gasteiger partial charge in [0.05, 0.1) is 23.0 Å². The number of aromatic nitrogens is 3. The zero-order chi connectivity index (χ0) is 19.3. The predicted octanol–water partition coefficient (Wildman–Crippen LogP) is 2.80. The third-order valence-electron chi connectivity index (χ3n) is 4.82. The van der Waals surface area contributed by atoms with Gasteiger partial charge in [0, 0.05) is 31.2 Å². The number of fused-ring (bicyclic) bond motifs is 1. The fraction of sp³-hybridized carbons (Fsp3) is 0.238. The molecule has 2 aromatic heterocycles. The van der Waals surface area contributed by atoms with Crippen molar-refractivity contribution in [2.24, 2.45) is 0 Å². The lowest BCUT2D eigenvalue weighted by Crippen LogP contribution is -2.24. The molecule has 142 valence electrons. The molecule has 1 aliphatic heterocycles. The maximum absolute atomic E-state index is 12.5. The molecule has 0 saturated carbocycles. The first-order valence-corrected chi connectivity index (χ1v) is 9.34. The fourth-order valence-electron chi connectivity index (χ4n) is 3.29. The Balaban J connectivity index is 1.34. The second-order valence-corrected chi connectivity index (χ2v) is 6.76. The van der Waals surface area contributed by atoms with Crippen molar-refractivity contribution in [3.05, 3.63) is 77.4 Å². The van der Waals surface area contributed by atoms with Gasteiger partial charge < -0.3 is 10.6 Å². The van der Waals surface area contributed by atoms with Gasteiger partial charge in [-0.3, -0.25) is 19.3 Å². The second-order valence-electron chi connectivity index (χ2n) is 6.76. The van der Waals surface area contributed by atoms with Gasteiger partial charge in [-0.2, -0.15) is 5.10 Å². The molecule has 3 heterocycles. The molecule has 3 aromatic rings. The molecular weight excluding hydrogens is 354 g/mol. The number of hydrogen-bond acceptors (Lipinski definition) is 4. The van der Waals surface area contributed by atoms with E-state index in [0.717, 1.165) is 37.1 Å². The summed E-state index contributed by atoms with van der Waals surface area (Å²) in [6, 6.07) is 10.8. The van der Waals surface area contributed by atoms with Crippen LogP contribution in [0.25, 0.3) is 0 Å². The van der Waals surface area contributed by atoms with Gasteiger partial charge in [-0.25, -0.2) is 0 Å². The van der Waals surface area contributed by atoms with Gasteiger partial charge in [0.2, 0.25) is 0 Å². The summed E-state index contributed by atoms with van der Waals surface area (Å²) in [5.74, 6) is -0.308. The molecular formula is C21H21N5O2. The molecule has 1 aliphatic rings. The highest BCUT2D eigenvalue weighted by molar-refractivity contribution is 6.04. The van der Waals surface area contributed by atoms with Gasteiger partial charge in [0.25, 0.3) is 11.8 Å². The average molecular weight is 375 g/mol. The number of hydrogen-bond donors (Lipinski definition) is 2. The first kappa shape index (κ1) is 17.9. The summed E-state index contributed by atoms with van der Waals surface area (Å²) in [6.07, 6.45) is 7.91. The topological polar surface area (TPSA) is 88.9 Å². The number of nitrogens with zero attached hydrogens (tertiary/aromatic N) is 3. The Morgan fingerprint density at radius 1 is 1.04 bits per heavy atom. The molecule has 2 amide bonds. The van der Waals surface area contributed by atoms with Crippen LogP contribution in [0.5, 0.6) is 0 Å². The highest BCUT2D eigenvalue weighted by Crippen LogP contribution is 2.18. The standard InChI is InChI=1S/C21H21N5O2/c27-20(16-4-3-10-22-13-16)25-17-8-6-15(7-9-17)12-23-21(28)18-14-24-26-11-2-1-5-19(18)26/h3-4,6-10,13-14H,1-2,5,11-12H2,(H,23,28)(H,25,27). The number of aryl methyl sites for hydroxylation is 1. The van der Waals surface area contributed by atoms with E-state index in [-0.39, 0.29) is 11.8 Å². The van der Waals surface area contributed by atoms with Crippen LogP contribution in [0.2, 0.25) is 0 Å². The molecule has 7 heteroatoms. The molecule has 1 aromatic carbocycles. The van der Waals surface area contributed by atoms with Crippen molar-refractivity contribution in [1.29, 1.82) is 0 Å². The highest BCUT2D eigenvalue weighted by Gasteiger charge is 2.19. The molecule has 2 N–H and O–H groups in total. The molecule has 0 bridgehead atoms. The van der Waals surface area contributed by atoms with E-state index < -0.39 is 0 Å². The minimum Gasteiger partial charge on any atom is -0.348 e. The highest BCUT2D eigenvalue weighted by atomic mass is 16.2. The predicted molar refractivity (Wildman–Crippen MR) is 105 cm³/mol. The van der Waals surface area contributed by atoms with Gasteiger partial charge in [-0.1, -0.05) is 12.1 Å². The largest absolute Gasteiger partial charge is 0.348 e. The summed E-state index contributed by atoms with van der Waals surface area (Å²) in [7, 11) is 0. The van der Waals surface area contributed by atoms with E-state index in [1.54, 1.807) is 24.5 Å². The lowest BCUT2D eigenvalue weighted by atomic mass is 10.1. The zero-order valence-corrected chi connectivity index (χ0v) is 15.4. The summed E-state index contributed by atoms with van der Waals surface area (Å²) in [5.41, 5.74) is 3.84. The van der Waals surface area contributed by atoms with Crippen LogP contribution in [0.3, 0.4) is 0 Å². The van der Waals surface area contributed by atoms with Crippen LogP contribution in [0.4, 0.5) is 5.69 Å². The Hall–Kier alpha value is -3.48. The first-order chi connectivity index (χ1) is 13.7. The fourth-order valence-corrected chi connectivity index (χ4v) is 3.29. The minimum absolute atomic E-state index is 0.0999. The number of nitrogens with one attached hydrogen (secondary N) is 2. The van der Waals surface area contributed by atoms with Crippen molar-refractivity contribution < 1.29 is 9.59 Å². The smallest absolute Gasteiger partial charge is 0.257 e. The lowest BCUT2D eigenvalue weighted by Gasteiger charge is -2.14. The number of carbonyl (C=O) groups excluding carboxylic acids is 2. The number of amides is 2. The van der Waals surface area contributed by atoms with Crippen LogP contribution in [-0.4, -0.2) is 26.6 Å². The van der Waals surface area contributed by atoms with Crippen molar-refractivity contribution in [2.75, 3.05) is 5.32 Å². The number of anilines is 1. The van der Waals surface area contributed by atoms with Crippen molar-refractivity contribution in [1.82, 2.24) is 20.1 Å². The quantitative estimate of drug-likeness (QED) is 0.718. The maximum atomic E-state index is 12.5. The van der Waals surface area contributed by atoms with Gasteiger partial charge in [-0.15, -0.1) is 0 Å². The van der Waals surface area contributed by atoms with E-state index in [4.69, 9.17) is 0 Å². The van der Waals surface area contributed by atoms with Crippen molar-refractivity contribution in [3.8, 4) is 0 Å². The summed E-state index contributed by atoms with van der Waals surface area (Å²) < 4.78 is 1.93. The monoisotopic (exact) mass is 375 g/mol. The number of pyridine rings is 1. The number of benzene rings is 1. The Kier molecular flexibility index (Phi) is 5.14. The normalized spacial score (nSPS) is 12.9. The Morgan fingerprint density at radius 3 is 2.68 bits per heavy atom. The molecule has 0 aliphatic carbocycles. The number of carbonyl (C=O) groups is 2. The summed E-state index contributed by atoms with van der Waals surface area (Å²) in [5, 5.41) is 10.1. The van der Waals surface area contributed by atoms with E-state index in [1.807, 2.05) is 28.9 Å². The molecule has 4 rings (SSSR count). The van der Waals surface area contributed by atoms with E-state index in [1.165, 1.54) is 6.20 Å². The Labute approximate surface area is 162 Å². The molecule has 0 radical (unpaired) electrons. The lowest BCUT2D eigenvalue weighted by molar-refractivity contribution is 0.0948. The van der Waals surface area contributed by atoms with Crippen LogP contribution in [-0.2, 0) is 19.5 Å². The minimum atomic E-state index is -0.208. The molecule has 0 unspecified atom stereocenters. The molecule has 7 nitrogen and oxygen atoms in total. The van der Waals surface area contributed by atoms with Crippen LogP contribution < -0.4 is 10.6 Å². The van der Waals surface area contributed by atoms with Gasteiger partial charge in [0.15, 0.2) is 0 Å². The third kappa shape index (κ3) is 3.93. The first-order valence-electron chi connectivity index (χ1n) is 9.34. The molecule has 0 saturated heterocycles. The Morgan fingerprint density at radius 2 is 1.89 bits per heavy atom.